The minimum absolute atomic E-state index is 0. The van der Waals surface area contributed by atoms with E-state index in [1.165, 1.54) is 41.5 Å². The van der Waals surface area contributed by atoms with Crippen LogP contribution in [0.3, 0.4) is 0 Å². The maximum Gasteiger partial charge on any atom is 0.351 e. The zero-order chi connectivity index (χ0) is 23.3. The summed E-state index contributed by atoms with van der Waals surface area (Å²) in [4.78, 5) is 64.2. The van der Waals surface area contributed by atoms with Crippen molar-refractivity contribution < 1.29 is 52.5 Å². The Hall–Kier alpha value is -2.98. The van der Waals surface area contributed by atoms with Gasteiger partial charge in [-0.2, -0.15) is 0 Å². The fraction of sp³-hybridized carbons (Fsp3) is 0.700. The third-order valence-electron chi connectivity index (χ3n) is 3.93. The number of ketones is 1. The van der Waals surface area contributed by atoms with Crippen molar-refractivity contribution >= 4 is 35.6 Å². The quantitative estimate of drug-likeness (QED) is 0.388. The molecule has 0 saturated carbocycles. The van der Waals surface area contributed by atoms with Crippen LogP contribution in [0.4, 0.5) is 0 Å². The second kappa shape index (κ2) is 10.9. The Kier molecular flexibility index (Phi) is 9.83. The molecule has 0 N–H and O–H groups in total. The smallest absolute Gasteiger partial charge is 0.351 e. The molecule has 31 heavy (non-hydrogen) atoms. The van der Waals surface area contributed by atoms with Gasteiger partial charge < -0.3 is 23.7 Å². The molecule has 2 atom stereocenters. The molecule has 0 aromatic carbocycles. The van der Waals surface area contributed by atoms with Crippen molar-refractivity contribution in [1.29, 1.82) is 0 Å². The first-order chi connectivity index (χ1) is 13.7. The Labute approximate surface area is 180 Å². The summed E-state index contributed by atoms with van der Waals surface area (Å²) in [6.45, 7) is 8.95. The minimum atomic E-state index is -1.15. The van der Waals surface area contributed by atoms with E-state index in [2.05, 4.69) is 14.2 Å². The Balaban J connectivity index is 0.000000437. The SMILES string of the molecule is C.CC1(C)OC(=O)C(C)(C)OC1=O.CC1OC(=O)C(C)OC1=O.O=C1CCC(=O)OC1. The molecular formula is C20H30O11. The van der Waals surface area contributed by atoms with Crippen LogP contribution in [-0.4, -0.2) is 65.6 Å². The van der Waals surface area contributed by atoms with Crippen LogP contribution in [0.5, 0.6) is 0 Å². The van der Waals surface area contributed by atoms with Crippen LogP contribution in [0.15, 0.2) is 0 Å². The third kappa shape index (κ3) is 8.35. The lowest BCUT2D eigenvalue weighted by Crippen LogP contribution is -2.54. The molecule has 11 nitrogen and oxygen atoms in total. The van der Waals surface area contributed by atoms with Gasteiger partial charge in [0.25, 0.3) is 0 Å². The van der Waals surface area contributed by atoms with Crippen LogP contribution in [-0.2, 0) is 52.5 Å². The summed E-state index contributed by atoms with van der Waals surface area (Å²) in [5, 5.41) is 0. The Morgan fingerprint density at radius 3 is 1.39 bits per heavy atom. The van der Waals surface area contributed by atoms with E-state index >= 15 is 0 Å². The van der Waals surface area contributed by atoms with Gasteiger partial charge in [-0.25, -0.2) is 19.2 Å². The molecule has 3 aliphatic heterocycles. The molecule has 0 aliphatic carbocycles. The molecule has 176 valence electrons. The Bertz CT molecular complexity index is 661. The van der Waals surface area contributed by atoms with Crippen molar-refractivity contribution in [2.24, 2.45) is 0 Å². The maximum absolute atomic E-state index is 11.2. The lowest BCUT2D eigenvalue weighted by molar-refractivity contribution is -0.218. The fourth-order valence-electron chi connectivity index (χ4n) is 1.98. The van der Waals surface area contributed by atoms with E-state index in [0.717, 1.165) is 0 Å². The summed E-state index contributed by atoms with van der Waals surface area (Å²) < 4.78 is 23.4. The molecular weight excluding hydrogens is 416 g/mol. The molecule has 0 spiro atoms. The van der Waals surface area contributed by atoms with Gasteiger partial charge in [0.1, 0.15) is 6.61 Å². The Morgan fingerprint density at radius 2 is 1.10 bits per heavy atom. The van der Waals surface area contributed by atoms with Crippen molar-refractivity contribution in [3.63, 3.8) is 0 Å². The summed E-state index contributed by atoms with van der Waals surface area (Å²) in [5.41, 5.74) is -2.29. The third-order valence-corrected chi connectivity index (χ3v) is 3.93. The van der Waals surface area contributed by atoms with E-state index in [1.54, 1.807) is 0 Å². The molecule has 2 unspecified atom stereocenters. The summed E-state index contributed by atoms with van der Waals surface area (Å²) >= 11 is 0. The molecule has 11 heteroatoms. The van der Waals surface area contributed by atoms with Gasteiger partial charge in [-0.3, -0.25) is 9.59 Å². The molecule has 3 fully saturated rings. The van der Waals surface area contributed by atoms with Crippen molar-refractivity contribution in [3.05, 3.63) is 0 Å². The molecule has 3 heterocycles. The first-order valence-electron chi connectivity index (χ1n) is 9.21. The van der Waals surface area contributed by atoms with Crippen molar-refractivity contribution in [2.75, 3.05) is 6.61 Å². The number of ether oxygens (including phenoxy) is 5. The standard InChI is InChI=1S/C8H12O4.C6H8O4.C5H6O3.CH4/c1-7(2)5(9)12-8(3,4)6(10)11-7;1-3-5(7)10-4(2)6(8)9-3;6-4-1-2-5(7)8-3-4;/h1-4H3;3-4H,1-2H3;1-3H2;1H4. The van der Waals surface area contributed by atoms with Gasteiger partial charge in [-0.05, 0) is 41.5 Å². The van der Waals surface area contributed by atoms with Crippen LogP contribution < -0.4 is 0 Å². The number of rotatable bonds is 0. The summed E-state index contributed by atoms with van der Waals surface area (Å²) in [5.74, 6) is -2.22. The van der Waals surface area contributed by atoms with Crippen LogP contribution >= 0.6 is 0 Å². The summed E-state index contributed by atoms with van der Waals surface area (Å²) in [6.07, 6.45) is -0.870. The number of hydrogen-bond acceptors (Lipinski definition) is 11. The highest BCUT2D eigenvalue weighted by molar-refractivity contribution is 5.92. The molecule has 3 aliphatic rings. The molecule has 3 saturated heterocycles. The number of cyclic esters (lactones) is 5. The van der Waals surface area contributed by atoms with E-state index < -0.39 is 47.3 Å². The average Bonchev–Trinajstić information content (AvgIpc) is 2.62. The van der Waals surface area contributed by atoms with E-state index in [4.69, 9.17) is 9.47 Å². The highest BCUT2D eigenvalue weighted by Gasteiger charge is 2.48. The highest BCUT2D eigenvalue weighted by atomic mass is 16.7. The lowest BCUT2D eigenvalue weighted by Gasteiger charge is -2.36. The molecule has 0 bridgehead atoms. The van der Waals surface area contributed by atoms with E-state index in [0.29, 0.717) is 6.42 Å². The number of hydrogen-bond donors (Lipinski definition) is 0. The zero-order valence-electron chi connectivity index (χ0n) is 17.8. The van der Waals surface area contributed by atoms with Gasteiger partial charge in [0.05, 0.1) is 6.42 Å². The number of carbonyl (C=O) groups is 6. The van der Waals surface area contributed by atoms with Crippen LogP contribution in [0, 0.1) is 0 Å². The first kappa shape index (κ1) is 28.0. The van der Waals surface area contributed by atoms with E-state index in [9.17, 15) is 28.8 Å². The monoisotopic (exact) mass is 446 g/mol. The highest BCUT2D eigenvalue weighted by Crippen LogP contribution is 2.26. The summed E-state index contributed by atoms with van der Waals surface area (Å²) in [6, 6.07) is 0. The number of Topliss-reactive ketones (excluding diaryl/α,β-unsaturated/α-hetero) is 1. The normalized spacial score (nSPS) is 26.0. The Morgan fingerprint density at radius 1 is 0.710 bits per heavy atom. The average molecular weight is 446 g/mol. The van der Waals surface area contributed by atoms with Crippen LogP contribution in [0.25, 0.3) is 0 Å². The van der Waals surface area contributed by atoms with Gasteiger partial charge in [0.15, 0.2) is 18.0 Å². The second-order valence-electron chi connectivity index (χ2n) is 7.66. The van der Waals surface area contributed by atoms with Gasteiger partial charge in [-0.1, -0.05) is 7.43 Å². The van der Waals surface area contributed by atoms with E-state index in [-0.39, 0.29) is 32.2 Å². The number of carbonyl (C=O) groups excluding carboxylic acids is 6. The molecule has 0 aromatic rings. The maximum atomic E-state index is 11.2. The van der Waals surface area contributed by atoms with E-state index in [1.807, 2.05) is 0 Å². The molecule has 0 amide bonds. The van der Waals surface area contributed by atoms with Crippen LogP contribution in [0.1, 0.15) is 61.8 Å². The predicted octanol–water partition coefficient (Wildman–Crippen LogP) is 1.04. The van der Waals surface area contributed by atoms with Crippen molar-refractivity contribution in [2.45, 2.75) is 85.2 Å². The predicted molar refractivity (Wildman–Crippen MR) is 103 cm³/mol. The van der Waals surface area contributed by atoms with Crippen molar-refractivity contribution in [1.82, 2.24) is 0 Å². The van der Waals surface area contributed by atoms with Gasteiger partial charge in [-0.15, -0.1) is 0 Å². The molecule has 3 rings (SSSR count). The minimum Gasteiger partial charge on any atom is -0.458 e. The first-order valence-corrected chi connectivity index (χ1v) is 9.21. The lowest BCUT2D eigenvalue weighted by atomic mass is 10.0. The molecule has 0 radical (unpaired) electrons. The van der Waals surface area contributed by atoms with Gasteiger partial charge in [0.2, 0.25) is 11.2 Å². The topological polar surface area (TPSA) is 149 Å². The fourth-order valence-corrected chi connectivity index (χ4v) is 1.98. The summed E-state index contributed by atoms with van der Waals surface area (Å²) in [7, 11) is 0. The zero-order valence-corrected chi connectivity index (χ0v) is 17.8. The van der Waals surface area contributed by atoms with Crippen molar-refractivity contribution in [3.8, 4) is 0 Å². The van der Waals surface area contributed by atoms with Gasteiger partial charge >= 0.3 is 29.8 Å². The molecule has 0 aromatic heterocycles. The largest absolute Gasteiger partial charge is 0.458 e. The van der Waals surface area contributed by atoms with Gasteiger partial charge in [0, 0.05) is 6.42 Å². The number of esters is 5. The second-order valence-corrected chi connectivity index (χ2v) is 7.66. The van der Waals surface area contributed by atoms with Crippen LogP contribution in [0.2, 0.25) is 0 Å².